The van der Waals surface area contributed by atoms with E-state index in [9.17, 15) is 0 Å². The molecule has 4 heteroatoms. The van der Waals surface area contributed by atoms with Crippen molar-refractivity contribution < 1.29 is 0 Å². The summed E-state index contributed by atoms with van der Waals surface area (Å²) >= 11 is 5.82. The minimum Gasteiger partial charge on any atom is -0.253 e. The van der Waals surface area contributed by atoms with Crippen molar-refractivity contribution in [3.63, 3.8) is 0 Å². The van der Waals surface area contributed by atoms with Crippen molar-refractivity contribution in [3.8, 4) is 0 Å². The van der Waals surface area contributed by atoms with Gasteiger partial charge in [0.15, 0.2) is 5.15 Å². The van der Waals surface area contributed by atoms with E-state index in [0.717, 1.165) is 11.2 Å². The maximum absolute atomic E-state index is 5.82. The molecule has 0 saturated heterocycles. The Morgan fingerprint density at radius 2 is 2.17 bits per heavy atom. The lowest BCUT2D eigenvalue weighted by atomic mass is 10.4. The van der Waals surface area contributed by atoms with Gasteiger partial charge in [-0.25, -0.2) is 9.97 Å². The smallest absolute Gasteiger partial charge is 0.156 e. The summed E-state index contributed by atoms with van der Waals surface area (Å²) in [6, 6.07) is 1.79. The summed E-state index contributed by atoms with van der Waals surface area (Å²) in [6.45, 7) is 1.87. The Hall–Kier alpha value is -1.22. The fourth-order valence-corrected chi connectivity index (χ4v) is 1.19. The van der Waals surface area contributed by atoms with Crippen LogP contribution < -0.4 is 0 Å². The van der Waals surface area contributed by atoms with E-state index in [1.54, 1.807) is 18.5 Å². The van der Waals surface area contributed by atoms with E-state index in [2.05, 4.69) is 15.0 Å². The van der Waals surface area contributed by atoms with Gasteiger partial charge >= 0.3 is 0 Å². The number of pyridine rings is 1. The molecule has 0 saturated carbocycles. The molecule has 0 atom stereocenters. The highest BCUT2D eigenvalue weighted by atomic mass is 35.5. The summed E-state index contributed by atoms with van der Waals surface area (Å²) in [7, 11) is 0. The number of hydrogen-bond acceptors (Lipinski definition) is 3. The lowest BCUT2D eigenvalue weighted by Crippen LogP contribution is -1.88. The van der Waals surface area contributed by atoms with Crippen molar-refractivity contribution in [1.82, 2.24) is 15.0 Å². The highest BCUT2D eigenvalue weighted by Gasteiger charge is 2.01. The molecule has 0 spiro atoms. The van der Waals surface area contributed by atoms with Crippen molar-refractivity contribution in [3.05, 3.63) is 29.3 Å². The molecule has 0 bridgehead atoms. The number of aromatic nitrogens is 3. The largest absolute Gasteiger partial charge is 0.253 e. The zero-order valence-electron chi connectivity index (χ0n) is 6.45. The second-order valence-electron chi connectivity index (χ2n) is 2.48. The molecule has 0 unspecified atom stereocenters. The van der Waals surface area contributed by atoms with Gasteiger partial charge in [0.1, 0.15) is 5.52 Å². The van der Waals surface area contributed by atoms with Crippen LogP contribution in [0.2, 0.25) is 5.15 Å². The Kier molecular flexibility index (Phi) is 1.66. The van der Waals surface area contributed by atoms with Crippen LogP contribution in [0.15, 0.2) is 18.5 Å². The first-order chi connectivity index (χ1) is 5.77. The highest BCUT2D eigenvalue weighted by Crippen LogP contribution is 2.16. The predicted molar refractivity (Wildman–Crippen MR) is 47.1 cm³/mol. The maximum Gasteiger partial charge on any atom is 0.156 e. The Balaban J connectivity index is 2.88. The van der Waals surface area contributed by atoms with Gasteiger partial charge in [0, 0.05) is 12.4 Å². The van der Waals surface area contributed by atoms with Crippen LogP contribution in [0.25, 0.3) is 11.0 Å². The van der Waals surface area contributed by atoms with Crippen molar-refractivity contribution >= 4 is 22.6 Å². The van der Waals surface area contributed by atoms with E-state index >= 15 is 0 Å². The molecule has 2 heterocycles. The van der Waals surface area contributed by atoms with Gasteiger partial charge in [-0.15, -0.1) is 0 Å². The summed E-state index contributed by atoms with van der Waals surface area (Å²) in [6.07, 6.45) is 3.33. The van der Waals surface area contributed by atoms with Crippen LogP contribution in [-0.4, -0.2) is 15.0 Å². The third-order valence-electron chi connectivity index (χ3n) is 1.54. The molecule has 3 nitrogen and oxygen atoms in total. The quantitative estimate of drug-likeness (QED) is 0.581. The van der Waals surface area contributed by atoms with Gasteiger partial charge in [0.05, 0.1) is 11.2 Å². The van der Waals surface area contributed by atoms with Gasteiger partial charge in [-0.2, -0.15) is 0 Å². The first-order valence-electron chi connectivity index (χ1n) is 3.51. The van der Waals surface area contributed by atoms with E-state index in [0.29, 0.717) is 10.7 Å². The van der Waals surface area contributed by atoms with Gasteiger partial charge in [-0.05, 0) is 13.0 Å². The van der Waals surface area contributed by atoms with Crippen LogP contribution in [-0.2, 0) is 0 Å². The van der Waals surface area contributed by atoms with Crippen molar-refractivity contribution in [1.29, 1.82) is 0 Å². The zero-order chi connectivity index (χ0) is 8.55. The van der Waals surface area contributed by atoms with E-state index < -0.39 is 0 Å². The predicted octanol–water partition coefficient (Wildman–Crippen LogP) is 1.99. The van der Waals surface area contributed by atoms with Crippen LogP contribution in [0, 0.1) is 6.92 Å². The fourth-order valence-electron chi connectivity index (χ4n) is 0.995. The normalized spacial score (nSPS) is 10.5. The van der Waals surface area contributed by atoms with Gasteiger partial charge in [0.25, 0.3) is 0 Å². The van der Waals surface area contributed by atoms with Crippen molar-refractivity contribution in [2.45, 2.75) is 6.92 Å². The molecule has 2 aromatic rings. The molecule has 2 rings (SSSR count). The molecule has 12 heavy (non-hydrogen) atoms. The van der Waals surface area contributed by atoms with Crippen molar-refractivity contribution in [2.75, 3.05) is 0 Å². The Labute approximate surface area is 74.4 Å². The number of rotatable bonds is 0. The van der Waals surface area contributed by atoms with Gasteiger partial charge in [-0.3, -0.25) is 4.98 Å². The zero-order valence-corrected chi connectivity index (χ0v) is 7.21. The van der Waals surface area contributed by atoms with Gasteiger partial charge < -0.3 is 0 Å². The minimum atomic E-state index is 0.406. The van der Waals surface area contributed by atoms with E-state index in [1.165, 1.54) is 0 Å². The van der Waals surface area contributed by atoms with E-state index in [-0.39, 0.29) is 0 Å². The molecular formula is C8H6ClN3. The molecule has 0 aliphatic rings. The molecule has 0 aromatic carbocycles. The number of aryl methyl sites for hydroxylation is 1. The monoisotopic (exact) mass is 179 g/mol. The van der Waals surface area contributed by atoms with Crippen LogP contribution >= 0.6 is 11.6 Å². The summed E-state index contributed by atoms with van der Waals surface area (Å²) in [5.41, 5.74) is 2.29. The summed E-state index contributed by atoms with van der Waals surface area (Å²) in [4.78, 5) is 12.3. The number of nitrogens with zero attached hydrogens (tertiary/aromatic N) is 3. The summed E-state index contributed by atoms with van der Waals surface area (Å²) in [5, 5.41) is 0.406. The van der Waals surface area contributed by atoms with Crippen LogP contribution in [0.3, 0.4) is 0 Å². The first-order valence-corrected chi connectivity index (χ1v) is 3.89. The van der Waals surface area contributed by atoms with E-state index in [1.807, 2.05) is 6.92 Å². The molecule has 0 aliphatic heterocycles. The topological polar surface area (TPSA) is 38.7 Å². The average molecular weight is 180 g/mol. The first kappa shape index (κ1) is 7.43. The number of hydrogen-bond donors (Lipinski definition) is 0. The lowest BCUT2D eigenvalue weighted by molar-refractivity contribution is 1.17. The van der Waals surface area contributed by atoms with E-state index in [4.69, 9.17) is 11.6 Å². The summed E-state index contributed by atoms with van der Waals surface area (Å²) in [5.74, 6) is 0. The third kappa shape index (κ3) is 1.12. The molecule has 0 N–H and O–H groups in total. The molecule has 2 aromatic heterocycles. The molecule has 0 fully saturated rings. The lowest BCUT2D eigenvalue weighted by Gasteiger charge is -1.97. The Morgan fingerprint density at radius 3 is 3.00 bits per heavy atom. The third-order valence-corrected chi connectivity index (χ3v) is 1.81. The second-order valence-corrected chi connectivity index (χ2v) is 2.84. The van der Waals surface area contributed by atoms with Crippen molar-refractivity contribution in [2.24, 2.45) is 0 Å². The van der Waals surface area contributed by atoms with Crippen LogP contribution in [0.1, 0.15) is 5.69 Å². The molecule has 60 valence electrons. The minimum absolute atomic E-state index is 0.406. The van der Waals surface area contributed by atoms with Gasteiger partial charge in [-0.1, -0.05) is 11.6 Å². The maximum atomic E-state index is 5.82. The fraction of sp³-hybridized carbons (Fsp3) is 0.125. The number of fused-ring (bicyclic) bond motifs is 1. The molecular weight excluding hydrogens is 174 g/mol. The Bertz CT molecular complexity index is 428. The molecule has 0 amide bonds. The number of halogens is 1. The summed E-state index contributed by atoms with van der Waals surface area (Å²) < 4.78 is 0. The highest BCUT2D eigenvalue weighted by molar-refractivity contribution is 6.33. The van der Waals surface area contributed by atoms with Crippen LogP contribution in [0.5, 0.6) is 0 Å². The molecule has 0 radical (unpaired) electrons. The molecule has 0 aliphatic carbocycles. The van der Waals surface area contributed by atoms with Gasteiger partial charge in [0.2, 0.25) is 0 Å². The van der Waals surface area contributed by atoms with Crippen LogP contribution in [0.4, 0.5) is 0 Å². The SMILES string of the molecule is Cc1cnc2ccnc(Cl)c2n1. The second kappa shape index (κ2) is 2.68. The Morgan fingerprint density at radius 1 is 1.33 bits per heavy atom. The standard InChI is InChI=1S/C8H6ClN3/c1-5-4-11-6-2-3-10-8(9)7(6)12-5/h2-4H,1H3. The average Bonchev–Trinajstić information content (AvgIpc) is 2.07.